The molecule has 0 N–H and O–H groups in total. The van der Waals surface area contributed by atoms with E-state index in [1.165, 1.54) is 0 Å². The van der Waals surface area contributed by atoms with E-state index in [1.807, 2.05) is 12.1 Å². The van der Waals surface area contributed by atoms with Crippen molar-refractivity contribution in [2.45, 2.75) is 84.8 Å². The molecule has 1 spiro atoms. The van der Waals surface area contributed by atoms with Gasteiger partial charge in [0.1, 0.15) is 11.5 Å². The minimum atomic E-state index is -0.693. The average Bonchev–Trinajstić information content (AvgIpc) is 2.88. The molecule has 2 aromatic rings. The van der Waals surface area contributed by atoms with E-state index >= 15 is 0 Å². The Kier molecular flexibility index (Phi) is 8.53. The van der Waals surface area contributed by atoms with E-state index in [1.54, 1.807) is 0 Å². The third-order valence-corrected chi connectivity index (χ3v) is 6.24. The van der Waals surface area contributed by atoms with E-state index in [-0.39, 0.29) is 0 Å². The van der Waals surface area contributed by atoms with Crippen LogP contribution in [-0.2, 0) is 12.8 Å². The summed E-state index contributed by atoms with van der Waals surface area (Å²) in [6.45, 7) is 11.0. The predicted octanol–water partition coefficient (Wildman–Crippen LogP) is 6.89. The number of hydrogen-bond donors (Lipinski definition) is 0. The predicted molar refractivity (Wildman–Crippen MR) is 137 cm³/mol. The molecule has 0 atom stereocenters. The summed E-state index contributed by atoms with van der Waals surface area (Å²) in [5.74, 6) is 4.01. The summed E-state index contributed by atoms with van der Waals surface area (Å²) in [5.41, 5.74) is 2.27. The molecule has 0 amide bonds. The molecular weight excluding hydrogens is 444 g/mol. The van der Waals surface area contributed by atoms with Gasteiger partial charge in [-0.05, 0) is 61.8 Å². The Morgan fingerprint density at radius 1 is 0.571 bits per heavy atom. The van der Waals surface area contributed by atoms with Crippen molar-refractivity contribution in [3.63, 3.8) is 0 Å². The Morgan fingerprint density at radius 3 is 1.26 bits per heavy atom. The second-order valence-electron chi connectivity index (χ2n) is 9.32. The summed E-state index contributed by atoms with van der Waals surface area (Å²) in [7, 11) is 0. The van der Waals surface area contributed by atoms with Gasteiger partial charge in [0.2, 0.25) is 0 Å². The molecule has 6 heteroatoms. The van der Waals surface area contributed by atoms with Gasteiger partial charge in [-0.15, -0.1) is 0 Å². The van der Waals surface area contributed by atoms with E-state index in [2.05, 4.69) is 39.8 Å². The van der Waals surface area contributed by atoms with Crippen LogP contribution in [0.5, 0.6) is 34.5 Å². The van der Waals surface area contributed by atoms with Gasteiger partial charge < -0.3 is 28.4 Å². The summed E-state index contributed by atoms with van der Waals surface area (Å²) in [5, 5.41) is 0. The fourth-order valence-electron chi connectivity index (χ4n) is 4.45. The quantitative estimate of drug-likeness (QED) is 0.327. The van der Waals surface area contributed by atoms with Gasteiger partial charge in [0.05, 0.1) is 26.4 Å². The molecule has 0 bridgehead atoms. The number of hydrogen-bond acceptors (Lipinski definition) is 6. The van der Waals surface area contributed by atoms with Crippen LogP contribution in [0, 0.1) is 0 Å². The highest BCUT2D eigenvalue weighted by Crippen LogP contribution is 2.47. The van der Waals surface area contributed by atoms with E-state index in [9.17, 15) is 0 Å². The van der Waals surface area contributed by atoms with Crippen LogP contribution in [0.3, 0.4) is 0 Å². The van der Waals surface area contributed by atoms with Crippen molar-refractivity contribution < 1.29 is 28.4 Å². The van der Waals surface area contributed by atoms with E-state index in [0.29, 0.717) is 26.4 Å². The van der Waals surface area contributed by atoms with Crippen LogP contribution in [0.2, 0.25) is 0 Å². The standard InChI is InChI=1S/C29H40O6/c1-5-13-30-25-17-21-9-11-29(34-23(21)19-27(25)32-15-7-3)12-10-22-18-26(31-14-6-2)28(33-16-8-4)20-24(22)35-29/h17-20H,5-16H2,1-4H3. The van der Waals surface area contributed by atoms with Gasteiger partial charge in [-0.25, -0.2) is 0 Å². The van der Waals surface area contributed by atoms with Crippen molar-refractivity contribution in [2.24, 2.45) is 0 Å². The third kappa shape index (κ3) is 5.91. The summed E-state index contributed by atoms with van der Waals surface area (Å²) in [6.07, 6.45) is 7.04. The van der Waals surface area contributed by atoms with Crippen LogP contribution in [-0.4, -0.2) is 32.2 Å². The monoisotopic (exact) mass is 484 g/mol. The molecule has 2 aliphatic heterocycles. The first-order chi connectivity index (χ1) is 17.1. The van der Waals surface area contributed by atoms with Crippen molar-refractivity contribution in [1.82, 2.24) is 0 Å². The lowest BCUT2D eigenvalue weighted by Crippen LogP contribution is -2.47. The highest BCUT2D eigenvalue weighted by Gasteiger charge is 2.42. The summed E-state index contributed by atoms with van der Waals surface area (Å²) >= 11 is 0. The topological polar surface area (TPSA) is 55.4 Å². The Bertz CT molecular complexity index is 906. The first kappa shape index (κ1) is 25.3. The Hall–Kier alpha value is -2.76. The van der Waals surface area contributed by atoms with Gasteiger partial charge in [-0.2, -0.15) is 0 Å². The zero-order chi connectivity index (χ0) is 24.7. The maximum atomic E-state index is 6.58. The number of aryl methyl sites for hydroxylation is 2. The molecule has 6 nitrogen and oxygen atoms in total. The molecule has 2 heterocycles. The zero-order valence-electron chi connectivity index (χ0n) is 21.7. The SMILES string of the molecule is CCCOc1cc2c(cc1OCCC)OC1(CC2)CCc2cc(OCCC)c(OCCC)cc2O1. The molecule has 192 valence electrons. The highest BCUT2D eigenvalue weighted by molar-refractivity contribution is 5.54. The molecular formula is C29H40O6. The van der Waals surface area contributed by atoms with Gasteiger partial charge in [-0.1, -0.05) is 27.7 Å². The van der Waals surface area contributed by atoms with Crippen LogP contribution in [0.15, 0.2) is 24.3 Å². The Labute approximate surface area is 209 Å². The Morgan fingerprint density at radius 2 is 0.914 bits per heavy atom. The van der Waals surface area contributed by atoms with Crippen LogP contribution in [0.4, 0.5) is 0 Å². The van der Waals surface area contributed by atoms with Gasteiger partial charge in [0.25, 0.3) is 5.79 Å². The van der Waals surface area contributed by atoms with Gasteiger partial charge in [-0.3, -0.25) is 0 Å². The van der Waals surface area contributed by atoms with E-state index in [0.717, 1.165) is 97.0 Å². The second kappa shape index (κ2) is 11.8. The first-order valence-corrected chi connectivity index (χ1v) is 13.3. The fraction of sp³-hybridized carbons (Fsp3) is 0.586. The normalized spacial score (nSPS) is 15.4. The third-order valence-electron chi connectivity index (χ3n) is 6.24. The van der Waals surface area contributed by atoms with Gasteiger partial charge >= 0.3 is 0 Å². The van der Waals surface area contributed by atoms with Gasteiger partial charge in [0, 0.05) is 25.0 Å². The molecule has 0 aromatic heterocycles. The minimum absolute atomic E-state index is 0.638. The molecule has 0 unspecified atom stereocenters. The number of fused-ring (bicyclic) bond motifs is 2. The maximum absolute atomic E-state index is 6.58. The molecule has 0 aliphatic carbocycles. The van der Waals surface area contributed by atoms with Gasteiger partial charge in [0.15, 0.2) is 23.0 Å². The van der Waals surface area contributed by atoms with Crippen molar-refractivity contribution in [1.29, 1.82) is 0 Å². The first-order valence-electron chi connectivity index (χ1n) is 13.3. The molecule has 4 rings (SSSR count). The fourth-order valence-corrected chi connectivity index (χ4v) is 4.45. The second-order valence-corrected chi connectivity index (χ2v) is 9.32. The molecule has 0 radical (unpaired) electrons. The summed E-state index contributed by atoms with van der Waals surface area (Å²) in [6, 6.07) is 8.11. The maximum Gasteiger partial charge on any atom is 0.251 e. The van der Waals surface area contributed by atoms with Crippen molar-refractivity contribution in [3.05, 3.63) is 35.4 Å². The summed E-state index contributed by atoms with van der Waals surface area (Å²) in [4.78, 5) is 0. The smallest absolute Gasteiger partial charge is 0.251 e. The molecule has 0 fully saturated rings. The molecule has 35 heavy (non-hydrogen) atoms. The molecule has 0 saturated heterocycles. The van der Waals surface area contributed by atoms with Crippen molar-refractivity contribution >= 4 is 0 Å². The van der Waals surface area contributed by atoms with Crippen LogP contribution >= 0.6 is 0 Å². The number of ether oxygens (including phenoxy) is 6. The van der Waals surface area contributed by atoms with E-state index in [4.69, 9.17) is 28.4 Å². The molecule has 0 saturated carbocycles. The van der Waals surface area contributed by atoms with E-state index < -0.39 is 5.79 Å². The lowest BCUT2D eigenvalue weighted by molar-refractivity contribution is -0.140. The summed E-state index contributed by atoms with van der Waals surface area (Å²) < 4.78 is 37.1. The number of rotatable bonds is 12. The Balaban J connectivity index is 1.58. The molecule has 2 aliphatic rings. The van der Waals surface area contributed by atoms with Crippen LogP contribution < -0.4 is 28.4 Å². The lowest BCUT2D eigenvalue weighted by Gasteiger charge is -2.42. The largest absolute Gasteiger partial charge is 0.490 e. The zero-order valence-corrected chi connectivity index (χ0v) is 21.7. The number of benzene rings is 2. The lowest BCUT2D eigenvalue weighted by atomic mass is 9.91. The highest BCUT2D eigenvalue weighted by atomic mass is 16.7. The molecule has 2 aromatic carbocycles. The van der Waals surface area contributed by atoms with Crippen LogP contribution in [0.25, 0.3) is 0 Å². The van der Waals surface area contributed by atoms with Crippen LogP contribution in [0.1, 0.15) is 77.3 Å². The minimum Gasteiger partial charge on any atom is -0.490 e. The van der Waals surface area contributed by atoms with Crippen molar-refractivity contribution in [3.8, 4) is 34.5 Å². The average molecular weight is 485 g/mol. The van der Waals surface area contributed by atoms with Crippen molar-refractivity contribution in [2.75, 3.05) is 26.4 Å².